The van der Waals surface area contributed by atoms with Gasteiger partial charge in [0.1, 0.15) is 6.29 Å². The maximum Gasteiger partial charge on any atom is 0.417 e. The van der Waals surface area contributed by atoms with Crippen molar-refractivity contribution in [1.82, 2.24) is 4.90 Å². The minimum absolute atomic E-state index is 0.0467. The number of carbonyl (C=O) groups is 1. The molecule has 0 saturated carbocycles. The third-order valence-corrected chi connectivity index (χ3v) is 4.06. The topological polar surface area (TPSA) is 20.3 Å². The van der Waals surface area contributed by atoms with Crippen molar-refractivity contribution >= 4 is 18.0 Å². The molecule has 0 radical (unpaired) electrons. The Morgan fingerprint density at radius 1 is 1.25 bits per heavy atom. The van der Waals surface area contributed by atoms with Crippen molar-refractivity contribution in [1.29, 1.82) is 0 Å². The lowest BCUT2D eigenvalue weighted by atomic mass is 10.1. The first-order valence-electron chi connectivity index (χ1n) is 6.44. The van der Waals surface area contributed by atoms with Crippen LogP contribution in [0.1, 0.15) is 29.8 Å². The maximum absolute atomic E-state index is 12.9. The number of hydrogen-bond acceptors (Lipinski definition) is 3. The number of carbonyl (C=O) groups excluding carboxylic acids is 1. The molecule has 0 heterocycles. The lowest BCUT2D eigenvalue weighted by Gasteiger charge is -2.18. The molecule has 1 aromatic carbocycles. The molecule has 0 saturated heterocycles. The Morgan fingerprint density at radius 2 is 1.90 bits per heavy atom. The Hall–Kier alpha value is -1.01. The van der Waals surface area contributed by atoms with Crippen LogP contribution in [0.5, 0.6) is 0 Å². The zero-order chi connectivity index (χ0) is 15.2. The lowest BCUT2D eigenvalue weighted by molar-refractivity contribution is -0.139. The number of hydrogen-bond donors (Lipinski definition) is 0. The molecule has 0 fully saturated rings. The van der Waals surface area contributed by atoms with Crippen molar-refractivity contribution in [2.24, 2.45) is 0 Å². The van der Waals surface area contributed by atoms with E-state index in [-0.39, 0.29) is 10.5 Å². The second-order valence-corrected chi connectivity index (χ2v) is 5.38. The third-order valence-electron chi connectivity index (χ3n) is 3.00. The summed E-state index contributed by atoms with van der Waals surface area (Å²) in [6.07, 6.45) is -4.00. The molecule has 112 valence electrons. The smallest absolute Gasteiger partial charge is 0.303 e. The fourth-order valence-electron chi connectivity index (χ4n) is 1.79. The van der Waals surface area contributed by atoms with Gasteiger partial charge in [0.2, 0.25) is 0 Å². The van der Waals surface area contributed by atoms with E-state index >= 15 is 0 Å². The van der Waals surface area contributed by atoms with Gasteiger partial charge in [0.05, 0.1) is 5.56 Å². The number of rotatable bonds is 7. The van der Waals surface area contributed by atoms with Crippen LogP contribution in [0.25, 0.3) is 0 Å². The molecule has 0 N–H and O–H groups in total. The van der Waals surface area contributed by atoms with E-state index < -0.39 is 11.7 Å². The van der Waals surface area contributed by atoms with E-state index in [1.807, 2.05) is 13.8 Å². The zero-order valence-electron chi connectivity index (χ0n) is 11.5. The summed E-state index contributed by atoms with van der Waals surface area (Å²) >= 11 is 1.17. The fourth-order valence-corrected chi connectivity index (χ4v) is 2.86. The normalized spacial score (nSPS) is 11.9. The van der Waals surface area contributed by atoms with E-state index in [4.69, 9.17) is 0 Å². The molecule has 0 spiro atoms. The first kappa shape index (κ1) is 17.0. The van der Waals surface area contributed by atoms with Crippen LogP contribution in [0.4, 0.5) is 13.2 Å². The van der Waals surface area contributed by atoms with E-state index in [0.29, 0.717) is 12.0 Å². The second-order valence-electron chi connectivity index (χ2n) is 4.25. The molecule has 0 aliphatic heterocycles. The highest BCUT2D eigenvalue weighted by Crippen LogP contribution is 2.37. The molecule has 0 unspecified atom stereocenters. The van der Waals surface area contributed by atoms with Crippen LogP contribution < -0.4 is 0 Å². The average Bonchev–Trinajstić information content (AvgIpc) is 2.42. The van der Waals surface area contributed by atoms with Crippen molar-refractivity contribution < 1.29 is 18.0 Å². The first-order valence-corrected chi connectivity index (χ1v) is 7.42. The number of halogens is 3. The monoisotopic (exact) mass is 305 g/mol. The molecule has 0 aliphatic carbocycles. The number of nitrogens with zero attached hydrogens (tertiary/aromatic N) is 1. The van der Waals surface area contributed by atoms with Gasteiger partial charge in [0.25, 0.3) is 0 Å². The Balaban J connectivity index is 2.81. The Kier molecular flexibility index (Phi) is 6.55. The molecular weight excluding hydrogens is 287 g/mol. The van der Waals surface area contributed by atoms with Gasteiger partial charge in [0.15, 0.2) is 0 Å². The molecule has 0 amide bonds. The van der Waals surface area contributed by atoms with Gasteiger partial charge in [-0.2, -0.15) is 13.2 Å². The molecule has 0 atom stereocenters. The van der Waals surface area contributed by atoms with E-state index in [9.17, 15) is 18.0 Å². The lowest BCUT2D eigenvalue weighted by Crippen LogP contribution is -2.25. The molecule has 0 bridgehead atoms. The van der Waals surface area contributed by atoms with Gasteiger partial charge in [0, 0.05) is 22.8 Å². The van der Waals surface area contributed by atoms with E-state index in [0.717, 1.165) is 25.7 Å². The largest absolute Gasteiger partial charge is 0.417 e. The maximum atomic E-state index is 12.9. The third kappa shape index (κ3) is 4.83. The van der Waals surface area contributed by atoms with E-state index in [1.54, 1.807) is 0 Å². The summed E-state index contributed by atoms with van der Waals surface area (Å²) in [4.78, 5) is 12.9. The van der Waals surface area contributed by atoms with E-state index in [1.165, 1.54) is 23.9 Å². The quantitative estimate of drug-likeness (QED) is 0.562. The van der Waals surface area contributed by atoms with Gasteiger partial charge in [-0.3, -0.25) is 4.79 Å². The first-order chi connectivity index (χ1) is 9.42. The van der Waals surface area contributed by atoms with Crippen LogP contribution in [0.3, 0.4) is 0 Å². The van der Waals surface area contributed by atoms with Gasteiger partial charge >= 0.3 is 6.18 Å². The standard InChI is InChI=1S/C14H18F3NOS/c1-3-18(4-2)7-8-20-13-6-5-11(10-19)9-12(13)14(15,16)17/h5-6,9-10H,3-4,7-8H2,1-2H3. The summed E-state index contributed by atoms with van der Waals surface area (Å²) in [6, 6.07) is 3.70. The molecule has 20 heavy (non-hydrogen) atoms. The molecule has 6 heteroatoms. The van der Waals surface area contributed by atoms with Crippen LogP contribution in [0.15, 0.2) is 23.1 Å². The summed E-state index contributed by atoms with van der Waals surface area (Å²) in [6.45, 7) is 6.55. The number of benzene rings is 1. The van der Waals surface area contributed by atoms with Crippen molar-refractivity contribution in [3.05, 3.63) is 29.3 Å². The fraction of sp³-hybridized carbons (Fsp3) is 0.500. The highest BCUT2D eigenvalue weighted by Gasteiger charge is 2.33. The van der Waals surface area contributed by atoms with Crippen LogP contribution >= 0.6 is 11.8 Å². The summed E-state index contributed by atoms with van der Waals surface area (Å²) in [5.41, 5.74) is -0.683. The second kappa shape index (κ2) is 7.69. The van der Waals surface area contributed by atoms with Gasteiger partial charge < -0.3 is 4.90 Å². The van der Waals surface area contributed by atoms with Gasteiger partial charge in [-0.15, -0.1) is 11.8 Å². The number of thioether (sulfide) groups is 1. The summed E-state index contributed by atoms with van der Waals surface area (Å²) in [5, 5.41) is 0. The molecule has 1 aromatic rings. The van der Waals surface area contributed by atoms with Crippen LogP contribution in [-0.4, -0.2) is 36.6 Å². The van der Waals surface area contributed by atoms with Gasteiger partial charge in [-0.1, -0.05) is 19.9 Å². The zero-order valence-corrected chi connectivity index (χ0v) is 12.4. The van der Waals surface area contributed by atoms with Crippen LogP contribution in [-0.2, 0) is 6.18 Å². The number of aldehydes is 1. The average molecular weight is 305 g/mol. The van der Waals surface area contributed by atoms with Crippen molar-refractivity contribution in [3.8, 4) is 0 Å². The van der Waals surface area contributed by atoms with E-state index in [2.05, 4.69) is 4.90 Å². The summed E-state index contributed by atoms with van der Waals surface area (Å²) in [5.74, 6) is 0.588. The summed E-state index contributed by atoms with van der Waals surface area (Å²) < 4.78 is 38.8. The molecular formula is C14H18F3NOS. The summed E-state index contributed by atoms with van der Waals surface area (Å²) in [7, 11) is 0. The molecule has 0 aromatic heterocycles. The minimum atomic E-state index is -4.43. The Labute approximate surface area is 121 Å². The minimum Gasteiger partial charge on any atom is -0.303 e. The molecule has 0 aliphatic rings. The van der Waals surface area contributed by atoms with Crippen LogP contribution in [0.2, 0.25) is 0 Å². The predicted molar refractivity (Wildman–Crippen MR) is 75.3 cm³/mol. The highest BCUT2D eigenvalue weighted by atomic mass is 32.2. The van der Waals surface area contributed by atoms with Crippen molar-refractivity contribution in [3.63, 3.8) is 0 Å². The highest BCUT2D eigenvalue weighted by molar-refractivity contribution is 7.99. The van der Waals surface area contributed by atoms with Gasteiger partial charge in [-0.25, -0.2) is 0 Å². The van der Waals surface area contributed by atoms with Gasteiger partial charge in [-0.05, 0) is 25.2 Å². The number of alkyl halides is 3. The predicted octanol–water partition coefficient (Wildman–Crippen LogP) is 3.95. The van der Waals surface area contributed by atoms with Crippen LogP contribution in [0, 0.1) is 0 Å². The Bertz CT molecular complexity index is 445. The van der Waals surface area contributed by atoms with Crippen molar-refractivity contribution in [2.75, 3.05) is 25.4 Å². The Morgan fingerprint density at radius 3 is 2.40 bits per heavy atom. The van der Waals surface area contributed by atoms with Crippen molar-refractivity contribution in [2.45, 2.75) is 24.9 Å². The molecule has 1 rings (SSSR count). The SMILES string of the molecule is CCN(CC)CCSc1ccc(C=O)cc1C(F)(F)F. The molecule has 2 nitrogen and oxygen atoms in total.